The van der Waals surface area contributed by atoms with Gasteiger partial charge in [0.2, 0.25) is 17.7 Å². The number of benzene rings is 5. The van der Waals surface area contributed by atoms with Gasteiger partial charge in [-0.3, -0.25) is 33.7 Å². The molecule has 0 radical (unpaired) electrons. The van der Waals surface area contributed by atoms with Crippen LogP contribution in [-0.2, 0) is 48.4 Å². The number of carbonyl (C=O) groups excluding carboxylic acids is 6. The summed E-state index contributed by atoms with van der Waals surface area (Å²) in [5.41, 5.74) is 2.10. The molecule has 1 spiro atoms. The van der Waals surface area contributed by atoms with Gasteiger partial charge in [-0.25, -0.2) is 0 Å². The highest BCUT2D eigenvalue weighted by molar-refractivity contribution is 14.1. The second kappa shape index (κ2) is 20.3. The predicted molar refractivity (Wildman–Crippen MR) is 275 cm³/mol. The molecule has 0 aliphatic carbocycles. The number of amides is 3. The molecule has 5 fully saturated rings. The van der Waals surface area contributed by atoms with E-state index >= 15 is 4.79 Å². The molecule has 5 aromatic carbocycles. The minimum absolute atomic E-state index is 0.0541. The molecule has 6 heterocycles. The molecule has 74 heavy (non-hydrogen) atoms. The van der Waals surface area contributed by atoms with E-state index in [0.29, 0.717) is 46.8 Å². The molecule has 5 saturated heterocycles. The standard InChI is InChI=1S/C57H53IN4O12/c1-2-26-72-54(67)45-48-55(68)74-49(34-13-7-4-8-14-34)47(33-11-5-3-6-12-33)62(48)50(57(45)41-31-37(58)20-23-42(41)59-56(57)69)35-18-21-38(22-19-35)71-28-29-73-53(66)40-32-44-51(64)60-24-10-17-43(60)52(65)61(44)46(40)36-15-9-16-39(30-36)70-27-25-63/h2-9,11-16,18-23,30-31,40,43-50,63H,1,10,17,24-29,32H2,(H,59,69)/t40-,43-,44-,45-,46-,47-,48-,49+,50+,57-/m0/s1. The van der Waals surface area contributed by atoms with Crippen LogP contribution in [0.4, 0.5) is 5.69 Å². The molecule has 10 atom stereocenters. The van der Waals surface area contributed by atoms with Crippen molar-refractivity contribution in [3.05, 3.63) is 171 Å². The number of rotatable bonds is 15. The van der Waals surface area contributed by atoms with Crippen molar-refractivity contribution in [2.75, 3.05) is 44.9 Å². The normalized spacial score (nSPS) is 27.7. The van der Waals surface area contributed by atoms with Crippen LogP contribution in [0.5, 0.6) is 11.5 Å². The third kappa shape index (κ3) is 8.28. The van der Waals surface area contributed by atoms with Crippen molar-refractivity contribution in [2.45, 2.75) is 67.0 Å². The largest absolute Gasteiger partial charge is 0.491 e. The molecular weight excluding hydrogens is 1060 g/mol. The smallest absolute Gasteiger partial charge is 0.325 e. The minimum atomic E-state index is -1.71. The lowest BCUT2D eigenvalue weighted by atomic mass is 9.65. The van der Waals surface area contributed by atoms with Gasteiger partial charge in [-0.1, -0.05) is 97.6 Å². The highest BCUT2D eigenvalue weighted by Gasteiger charge is 2.74. The van der Waals surface area contributed by atoms with E-state index < -0.39 is 83.4 Å². The van der Waals surface area contributed by atoms with E-state index in [-0.39, 0.29) is 51.3 Å². The van der Waals surface area contributed by atoms with Crippen molar-refractivity contribution in [3.63, 3.8) is 0 Å². The number of aliphatic hydroxyl groups excluding tert-OH is 1. The summed E-state index contributed by atoms with van der Waals surface area (Å²) in [6.07, 6.45) is 1.97. The average molecular weight is 1110 g/mol. The molecule has 17 heteroatoms. The fourth-order valence-corrected chi connectivity index (χ4v) is 13.0. The van der Waals surface area contributed by atoms with Gasteiger partial charge >= 0.3 is 17.9 Å². The number of ether oxygens (including phenoxy) is 5. The maximum atomic E-state index is 15.2. The lowest BCUT2D eigenvalue weighted by Gasteiger charge is -2.46. The summed E-state index contributed by atoms with van der Waals surface area (Å²) in [7, 11) is 0. The molecule has 5 aromatic rings. The number of hydrogen-bond donors (Lipinski definition) is 2. The fraction of sp³-hybridized carbons (Fsp3) is 0.333. The lowest BCUT2D eigenvalue weighted by Crippen LogP contribution is -2.60. The summed E-state index contributed by atoms with van der Waals surface area (Å²) >= 11 is 2.18. The number of nitrogens with one attached hydrogen (secondary N) is 1. The minimum Gasteiger partial charge on any atom is -0.491 e. The number of cyclic esters (lactones) is 1. The van der Waals surface area contributed by atoms with Crippen molar-refractivity contribution in [2.24, 2.45) is 11.8 Å². The number of esters is 3. The Morgan fingerprint density at radius 3 is 2.22 bits per heavy atom. The number of anilines is 1. The summed E-state index contributed by atoms with van der Waals surface area (Å²) in [4.78, 5) is 92.2. The molecule has 380 valence electrons. The van der Waals surface area contributed by atoms with E-state index in [9.17, 15) is 29.1 Å². The van der Waals surface area contributed by atoms with E-state index in [1.807, 2.05) is 89.8 Å². The van der Waals surface area contributed by atoms with Crippen LogP contribution in [0.25, 0.3) is 0 Å². The van der Waals surface area contributed by atoms with E-state index in [4.69, 9.17) is 23.7 Å². The van der Waals surface area contributed by atoms with Crippen LogP contribution in [0.15, 0.2) is 140 Å². The lowest BCUT2D eigenvalue weighted by molar-refractivity contribution is -0.180. The van der Waals surface area contributed by atoms with E-state index in [1.165, 1.54) is 6.08 Å². The predicted octanol–water partition coefficient (Wildman–Crippen LogP) is 6.55. The number of nitrogens with zero attached hydrogens (tertiary/aromatic N) is 3. The molecule has 16 nitrogen and oxygen atoms in total. The van der Waals surface area contributed by atoms with Crippen LogP contribution in [0.3, 0.4) is 0 Å². The van der Waals surface area contributed by atoms with Crippen molar-refractivity contribution in [1.29, 1.82) is 0 Å². The van der Waals surface area contributed by atoms with E-state index in [0.717, 1.165) is 21.1 Å². The first-order valence-electron chi connectivity index (χ1n) is 24.9. The summed E-state index contributed by atoms with van der Waals surface area (Å²) < 4.78 is 30.9. The Morgan fingerprint density at radius 2 is 1.47 bits per heavy atom. The van der Waals surface area contributed by atoms with Gasteiger partial charge in [-0.05, 0) is 112 Å². The second-order valence-corrected chi connectivity index (χ2v) is 20.5. The van der Waals surface area contributed by atoms with Crippen LogP contribution in [0.2, 0.25) is 0 Å². The fourth-order valence-electron chi connectivity index (χ4n) is 12.5. The number of hydrogen-bond acceptors (Lipinski definition) is 13. The van der Waals surface area contributed by atoms with Gasteiger partial charge in [-0.2, -0.15) is 0 Å². The third-order valence-electron chi connectivity index (χ3n) is 15.4. The number of morpholine rings is 1. The Labute approximate surface area is 440 Å². The average Bonchev–Trinajstić information content (AvgIpc) is 4.23. The van der Waals surface area contributed by atoms with E-state index in [2.05, 4.69) is 34.5 Å². The molecular formula is C57H53IN4O12. The highest BCUT2D eigenvalue weighted by Crippen LogP contribution is 2.65. The SMILES string of the molecule is C=CCOC(=O)[C@@H]1[C@H]2C(=O)O[C@H](c3ccccc3)[C@H](c3ccccc3)N2[C@H](c2ccc(OCCOC(=O)[C@H]3C[C@H]4C(=O)N5CCC[C@H]5C(=O)N4[C@H]3c3cccc(OCCO)c3)cc2)[C@@]12C(=O)Nc1ccc(I)cc12. The zero-order valence-electron chi connectivity index (χ0n) is 40.1. The summed E-state index contributed by atoms with van der Waals surface area (Å²) in [6, 6.07) is 33.6. The first-order valence-corrected chi connectivity index (χ1v) is 26.0. The first kappa shape index (κ1) is 49.1. The Balaban J connectivity index is 0.903. The van der Waals surface area contributed by atoms with Gasteiger partial charge in [0.15, 0.2) is 0 Å². The summed E-state index contributed by atoms with van der Waals surface area (Å²) in [5, 5.41) is 12.5. The molecule has 0 unspecified atom stereocenters. The topological polar surface area (TPSA) is 191 Å². The van der Waals surface area contributed by atoms with Gasteiger partial charge in [0.05, 0.1) is 30.7 Å². The highest BCUT2D eigenvalue weighted by atomic mass is 127. The summed E-state index contributed by atoms with van der Waals surface area (Å²) in [6.45, 7) is 3.74. The Kier molecular flexibility index (Phi) is 13.5. The van der Waals surface area contributed by atoms with Crippen LogP contribution in [0.1, 0.15) is 71.3 Å². The summed E-state index contributed by atoms with van der Waals surface area (Å²) in [5.74, 6) is -4.21. The maximum Gasteiger partial charge on any atom is 0.325 e. The van der Waals surface area contributed by atoms with Gasteiger partial charge in [-0.15, -0.1) is 0 Å². The van der Waals surface area contributed by atoms with Crippen molar-refractivity contribution >= 4 is 63.9 Å². The molecule has 6 aliphatic heterocycles. The van der Waals surface area contributed by atoms with Crippen molar-refractivity contribution in [3.8, 4) is 11.5 Å². The zero-order valence-corrected chi connectivity index (χ0v) is 42.3. The van der Waals surface area contributed by atoms with Crippen LogP contribution >= 0.6 is 22.6 Å². The number of aliphatic hydroxyl groups is 1. The molecule has 3 amide bonds. The van der Waals surface area contributed by atoms with Crippen LogP contribution in [0, 0.1) is 15.4 Å². The van der Waals surface area contributed by atoms with Gasteiger partial charge in [0, 0.05) is 15.8 Å². The van der Waals surface area contributed by atoms with Gasteiger partial charge in [0.25, 0.3) is 0 Å². The molecule has 0 saturated carbocycles. The number of piperazine rings is 1. The Bertz CT molecular complexity index is 3010. The first-order chi connectivity index (χ1) is 36.0. The van der Waals surface area contributed by atoms with Gasteiger partial charge < -0.3 is 43.9 Å². The van der Waals surface area contributed by atoms with Crippen LogP contribution < -0.4 is 14.8 Å². The van der Waals surface area contributed by atoms with Gasteiger partial charge in [0.1, 0.15) is 73.5 Å². The Hall–Kier alpha value is -7.09. The van der Waals surface area contributed by atoms with Crippen LogP contribution in [-0.4, -0.2) is 113 Å². The number of carbonyl (C=O) groups is 6. The quantitative estimate of drug-likeness (QED) is 0.0378. The Morgan fingerprint density at radius 1 is 0.743 bits per heavy atom. The van der Waals surface area contributed by atoms with Crippen molar-refractivity contribution in [1.82, 2.24) is 14.7 Å². The van der Waals surface area contributed by atoms with E-state index in [1.54, 1.807) is 52.3 Å². The zero-order chi connectivity index (χ0) is 51.3. The monoisotopic (exact) mass is 1110 g/mol. The molecule has 0 bridgehead atoms. The second-order valence-electron chi connectivity index (χ2n) is 19.3. The van der Waals surface area contributed by atoms with Crippen molar-refractivity contribution < 1.29 is 57.6 Å². The molecule has 11 rings (SSSR count). The molecule has 6 aliphatic rings. The number of halogens is 1. The third-order valence-corrected chi connectivity index (χ3v) is 16.0. The maximum absolute atomic E-state index is 15.2. The number of fused-ring (bicyclic) bond motifs is 5. The molecule has 2 N–H and O–H groups in total. The molecule has 0 aromatic heterocycles.